The van der Waals surface area contributed by atoms with Crippen LogP contribution in [0.1, 0.15) is 39.0 Å². The van der Waals surface area contributed by atoms with Crippen LogP contribution in [0.2, 0.25) is 0 Å². The third-order valence-electron chi connectivity index (χ3n) is 5.33. The topological polar surface area (TPSA) is 72.8 Å². The van der Waals surface area contributed by atoms with Crippen LogP contribution in [0.3, 0.4) is 0 Å². The van der Waals surface area contributed by atoms with Gasteiger partial charge in [-0.3, -0.25) is 9.59 Å². The first kappa shape index (κ1) is 13.9. The van der Waals surface area contributed by atoms with E-state index in [4.69, 9.17) is 14.6 Å². The number of hydrogen-bond donors (Lipinski definition) is 1. The Morgan fingerprint density at radius 1 is 1.10 bits per heavy atom. The molecule has 0 aromatic rings. The van der Waals surface area contributed by atoms with E-state index in [-0.39, 0.29) is 12.9 Å². The first-order chi connectivity index (χ1) is 9.54. The summed E-state index contributed by atoms with van der Waals surface area (Å²) in [5.41, 5.74) is 0. The molecule has 0 aliphatic heterocycles. The molecule has 0 heterocycles. The molecule has 4 saturated carbocycles. The largest absolute Gasteiger partial charge is 0.481 e. The molecule has 4 aliphatic carbocycles. The van der Waals surface area contributed by atoms with E-state index in [1.54, 1.807) is 0 Å². The van der Waals surface area contributed by atoms with Crippen LogP contribution in [0.25, 0.3) is 0 Å². The summed E-state index contributed by atoms with van der Waals surface area (Å²) < 4.78 is 10.7. The molecule has 0 radical (unpaired) electrons. The van der Waals surface area contributed by atoms with Gasteiger partial charge in [-0.1, -0.05) is 0 Å². The second kappa shape index (κ2) is 5.35. The molecule has 4 fully saturated rings. The van der Waals surface area contributed by atoms with Gasteiger partial charge in [0.15, 0.2) is 12.7 Å². The van der Waals surface area contributed by atoms with E-state index in [1.807, 2.05) is 0 Å². The Morgan fingerprint density at radius 3 is 2.15 bits per heavy atom. The number of carboxylic acids is 1. The Kier molecular flexibility index (Phi) is 3.71. The van der Waals surface area contributed by atoms with E-state index in [0.29, 0.717) is 11.8 Å². The number of esters is 1. The minimum atomic E-state index is -1.16. The van der Waals surface area contributed by atoms with Crippen molar-refractivity contribution in [3.63, 3.8) is 0 Å². The molecule has 1 atom stereocenters. The van der Waals surface area contributed by atoms with Gasteiger partial charge in [0.25, 0.3) is 0 Å². The average molecular weight is 282 g/mol. The summed E-state index contributed by atoms with van der Waals surface area (Å²) in [6.07, 6.45) is 6.59. The monoisotopic (exact) mass is 282 g/mol. The summed E-state index contributed by atoms with van der Waals surface area (Å²) in [6.45, 7) is 1.22. The third kappa shape index (κ3) is 2.55. The van der Waals surface area contributed by atoms with Crippen LogP contribution >= 0.6 is 0 Å². The zero-order chi connectivity index (χ0) is 14.3. The van der Waals surface area contributed by atoms with E-state index in [9.17, 15) is 9.59 Å². The van der Waals surface area contributed by atoms with E-state index in [0.717, 1.165) is 11.8 Å². The van der Waals surface area contributed by atoms with Crippen LogP contribution < -0.4 is 0 Å². The number of rotatable bonds is 5. The maximum absolute atomic E-state index is 11.4. The van der Waals surface area contributed by atoms with Crippen molar-refractivity contribution in [1.82, 2.24) is 0 Å². The lowest BCUT2D eigenvalue weighted by molar-refractivity contribution is -0.190. The predicted molar refractivity (Wildman–Crippen MR) is 69.7 cm³/mol. The molecule has 0 saturated heterocycles. The molecule has 0 spiro atoms. The van der Waals surface area contributed by atoms with Gasteiger partial charge in [0.1, 0.15) is 0 Å². The Balaban J connectivity index is 1.47. The molecule has 5 nitrogen and oxygen atoms in total. The number of carbonyl (C=O) groups is 2. The van der Waals surface area contributed by atoms with Crippen molar-refractivity contribution < 1.29 is 24.2 Å². The normalized spacial score (nSPS) is 39.5. The van der Waals surface area contributed by atoms with Gasteiger partial charge in [0.05, 0.1) is 6.10 Å². The van der Waals surface area contributed by atoms with Crippen molar-refractivity contribution in [2.75, 3.05) is 6.79 Å². The van der Waals surface area contributed by atoms with Gasteiger partial charge >= 0.3 is 11.9 Å². The summed E-state index contributed by atoms with van der Waals surface area (Å²) in [4.78, 5) is 22.1. The van der Waals surface area contributed by atoms with Crippen LogP contribution in [-0.4, -0.2) is 29.9 Å². The summed E-state index contributed by atoms with van der Waals surface area (Å²) in [5.74, 6) is -0.0226. The van der Waals surface area contributed by atoms with Crippen molar-refractivity contribution in [1.29, 1.82) is 0 Å². The Hall–Kier alpha value is -1.10. The summed E-state index contributed by atoms with van der Waals surface area (Å²) in [7, 11) is 0. The zero-order valence-electron chi connectivity index (χ0n) is 11.8. The number of hydrogen-bond acceptors (Lipinski definition) is 4. The SMILES string of the molecule is CC(C(=O)O)C(=O)OCOC1C2CC3CC(C2)CC1C3. The fourth-order valence-electron chi connectivity index (χ4n) is 4.54. The highest BCUT2D eigenvalue weighted by Crippen LogP contribution is 2.54. The van der Waals surface area contributed by atoms with Gasteiger partial charge in [-0.25, -0.2) is 0 Å². The Labute approximate surface area is 118 Å². The first-order valence-electron chi connectivity index (χ1n) is 7.55. The van der Waals surface area contributed by atoms with Gasteiger partial charge in [0, 0.05) is 0 Å². The molecule has 112 valence electrons. The smallest absolute Gasteiger partial charge is 0.322 e. The average Bonchev–Trinajstić information content (AvgIpc) is 2.39. The second-order valence-electron chi connectivity index (χ2n) is 6.70. The lowest BCUT2D eigenvalue weighted by Crippen LogP contribution is -2.49. The molecule has 0 aromatic carbocycles. The van der Waals surface area contributed by atoms with Crippen LogP contribution in [0.5, 0.6) is 0 Å². The van der Waals surface area contributed by atoms with Crippen molar-refractivity contribution in [2.24, 2.45) is 29.6 Å². The van der Waals surface area contributed by atoms with Crippen molar-refractivity contribution in [3.8, 4) is 0 Å². The van der Waals surface area contributed by atoms with E-state index in [1.165, 1.54) is 39.0 Å². The van der Waals surface area contributed by atoms with Crippen molar-refractivity contribution in [3.05, 3.63) is 0 Å². The molecule has 5 heteroatoms. The van der Waals surface area contributed by atoms with Crippen LogP contribution in [-0.2, 0) is 19.1 Å². The molecule has 4 bridgehead atoms. The predicted octanol–water partition coefficient (Wildman–Crippen LogP) is 2.05. The molecule has 20 heavy (non-hydrogen) atoms. The highest BCUT2D eigenvalue weighted by Gasteiger charge is 2.48. The van der Waals surface area contributed by atoms with Gasteiger partial charge in [0.2, 0.25) is 0 Å². The molecule has 1 N–H and O–H groups in total. The lowest BCUT2D eigenvalue weighted by Gasteiger charge is -2.53. The van der Waals surface area contributed by atoms with Gasteiger partial charge in [-0.2, -0.15) is 0 Å². The maximum atomic E-state index is 11.4. The van der Waals surface area contributed by atoms with Gasteiger partial charge < -0.3 is 14.6 Å². The summed E-state index contributed by atoms with van der Waals surface area (Å²) in [5, 5.41) is 8.72. The second-order valence-corrected chi connectivity index (χ2v) is 6.70. The fourth-order valence-corrected chi connectivity index (χ4v) is 4.54. The number of carboxylic acid groups (broad SMARTS) is 1. The lowest BCUT2D eigenvalue weighted by atomic mass is 9.55. The molecule has 1 unspecified atom stereocenters. The van der Waals surface area contributed by atoms with Crippen LogP contribution in [0.4, 0.5) is 0 Å². The van der Waals surface area contributed by atoms with Crippen molar-refractivity contribution >= 4 is 11.9 Å². The highest BCUT2D eigenvalue weighted by molar-refractivity contribution is 5.93. The number of carbonyl (C=O) groups excluding carboxylic acids is 1. The Bertz CT molecular complexity index is 377. The number of aliphatic carboxylic acids is 1. The van der Waals surface area contributed by atoms with Gasteiger partial charge in [-0.15, -0.1) is 0 Å². The fraction of sp³-hybridized carbons (Fsp3) is 0.867. The third-order valence-corrected chi connectivity index (χ3v) is 5.33. The minimum Gasteiger partial charge on any atom is -0.481 e. The molecule has 0 amide bonds. The summed E-state index contributed by atoms with van der Waals surface area (Å²) in [6, 6.07) is 0. The first-order valence-corrected chi connectivity index (χ1v) is 7.55. The summed E-state index contributed by atoms with van der Waals surface area (Å²) >= 11 is 0. The molecule has 0 aromatic heterocycles. The quantitative estimate of drug-likeness (QED) is 0.474. The minimum absolute atomic E-state index is 0.108. The molecular weight excluding hydrogens is 260 g/mol. The molecule has 4 aliphatic rings. The maximum Gasteiger partial charge on any atom is 0.322 e. The van der Waals surface area contributed by atoms with Crippen molar-refractivity contribution in [2.45, 2.75) is 45.1 Å². The highest BCUT2D eigenvalue weighted by atomic mass is 16.7. The molecule has 4 rings (SSSR count). The standard InChI is InChI=1S/C15H22O5/c1-8(14(16)17)15(18)20-7-19-13-11-3-9-2-10(5-11)6-12(13)4-9/h8-13H,2-7H2,1H3,(H,16,17). The molecular formula is C15H22O5. The zero-order valence-corrected chi connectivity index (χ0v) is 11.8. The van der Waals surface area contributed by atoms with E-state index >= 15 is 0 Å². The van der Waals surface area contributed by atoms with Crippen LogP contribution in [0.15, 0.2) is 0 Å². The van der Waals surface area contributed by atoms with Crippen LogP contribution in [0, 0.1) is 29.6 Å². The Morgan fingerprint density at radius 2 is 1.65 bits per heavy atom. The van der Waals surface area contributed by atoms with E-state index < -0.39 is 17.9 Å². The van der Waals surface area contributed by atoms with E-state index in [2.05, 4.69) is 0 Å². The number of ether oxygens (including phenoxy) is 2. The van der Waals surface area contributed by atoms with Gasteiger partial charge in [-0.05, 0) is 62.7 Å².